The van der Waals surface area contributed by atoms with Gasteiger partial charge in [-0.15, -0.1) is 0 Å². The first-order valence-corrected chi connectivity index (χ1v) is 3.99. The minimum absolute atomic E-state index is 0.300. The average molecular weight is 180 g/mol. The van der Waals surface area contributed by atoms with E-state index in [1.54, 1.807) is 19.2 Å². The minimum atomic E-state index is -0.375. The van der Waals surface area contributed by atoms with Crippen LogP contribution in [0.2, 0.25) is 0 Å². The third kappa shape index (κ3) is 2.74. The lowest BCUT2D eigenvalue weighted by Crippen LogP contribution is -2.27. The normalized spacial score (nSPS) is 11.8. The Kier molecular flexibility index (Phi) is 3.25. The van der Waals surface area contributed by atoms with E-state index in [0.717, 1.165) is 0 Å². The number of anilines is 1. The van der Waals surface area contributed by atoms with E-state index in [1.807, 2.05) is 12.1 Å². The molecule has 0 saturated heterocycles. The first-order chi connectivity index (χ1) is 6.24. The summed E-state index contributed by atoms with van der Waals surface area (Å²) in [5.74, 6) is 0.367. The Morgan fingerprint density at radius 1 is 1.62 bits per heavy atom. The second kappa shape index (κ2) is 4.45. The molecule has 13 heavy (non-hydrogen) atoms. The second-order valence-corrected chi connectivity index (χ2v) is 2.60. The molecule has 0 spiro atoms. The van der Waals surface area contributed by atoms with Gasteiger partial charge in [-0.2, -0.15) is 0 Å². The Bertz CT molecular complexity index is 274. The van der Waals surface area contributed by atoms with Gasteiger partial charge in [0.2, 0.25) is 0 Å². The van der Waals surface area contributed by atoms with Crippen LogP contribution < -0.4 is 5.32 Å². The van der Waals surface area contributed by atoms with Gasteiger partial charge in [-0.3, -0.25) is 0 Å². The maximum atomic E-state index is 11.0. The molecule has 0 aromatic carbocycles. The molecule has 70 valence electrons. The van der Waals surface area contributed by atoms with Gasteiger partial charge in [-0.05, 0) is 19.1 Å². The van der Waals surface area contributed by atoms with Crippen LogP contribution in [0, 0.1) is 0 Å². The highest BCUT2D eigenvalue weighted by atomic mass is 16.5. The van der Waals surface area contributed by atoms with Gasteiger partial charge >= 0.3 is 5.97 Å². The zero-order valence-electron chi connectivity index (χ0n) is 7.65. The average Bonchev–Trinajstić information content (AvgIpc) is 2.18. The highest BCUT2D eigenvalue weighted by Gasteiger charge is 2.11. The number of nitrogens with one attached hydrogen (secondary N) is 1. The number of hydrogen-bond donors (Lipinski definition) is 1. The summed E-state index contributed by atoms with van der Waals surface area (Å²) < 4.78 is 4.55. The SMILES string of the molecule is COC(=O)C(C)Nc1ccccn1. The molecule has 0 amide bonds. The molecule has 4 heteroatoms. The summed E-state index contributed by atoms with van der Waals surface area (Å²) in [5, 5.41) is 2.91. The van der Waals surface area contributed by atoms with E-state index in [2.05, 4.69) is 15.0 Å². The van der Waals surface area contributed by atoms with E-state index in [-0.39, 0.29) is 12.0 Å². The standard InChI is InChI=1S/C9H12N2O2/c1-7(9(12)13-2)11-8-5-3-4-6-10-8/h3-7H,1-2H3,(H,10,11). The van der Waals surface area contributed by atoms with Gasteiger partial charge in [-0.25, -0.2) is 9.78 Å². The van der Waals surface area contributed by atoms with Crippen LogP contribution >= 0.6 is 0 Å². The first kappa shape index (κ1) is 9.51. The van der Waals surface area contributed by atoms with Gasteiger partial charge in [0.05, 0.1) is 7.11 Å². The number of pyridine rings is 1. The molecule has 0 aliphatic rings. The lowest BCUT2D eigenvalue weighted by Gasteiger charge is -2.11. The van der Waals surface area contributed by atoms with Crippen molar-refractivity contribution < 1.29 is 9.53 Å². The number of esters is 1. The van der Waals surface area contributed by atoms with Crippen molar-refractivity contribution in [2.24, 2.45) is 0 Å². The van der Waals surface area contributed by atoms with E-state index in [0.29, 0.717) is 5.82 Å². The van der Waals surface area contributed by atoms with Gasteiger partial charge in [0.15, 0.2) is 0 Å². The number of hydrogen-bond acceptors (Lipinski definition) is 4. The molecule has 0 aliphatic heterocycles. The maximum Gasteiger partial charge on any atom is 0.328 e. The molecule has 1 heterocycles. The van der Waals surface area contributed by atoms with Crippen LogP contribution in [0.15, 0.2) is 24.4 Å². The highest BCUT2D eigenvalue weighted by Crippen LogP contribution is 2.02. The fourth-order valence-corrected chi connectivity index (χ4v) is 0.906. The zero-order valence-corrected chi connectivity index (χ0v) is 7.65. The Morgan fingerprint density at radius 3 is 2.92 bits per heavy atom. The number of carbonyl (C=O) groups is 1. The number of methoxy groups -OCH3 is 1. The van der Waals surface area contributed by atoms with Crippen LogP contribution in [0.3, 0.4) is 0 Å². The molecule has 1 unspecified atom stereocenters. The third-order valence-electron chi connectivity index (χ3n) is 1.58. The number of nitrogens with zero attached hydrogens (tertiary/aromatic N) is 1. The molecule has 0 fully saturated rings. The number of carbonyl (C=O) groups excluding carboxylic acids is 1. The molecule has 1 atom stereocenters. The highest BCUT2D eigenvalue weighted by molar-refractivity contribution is 5.78. The topological polar surface area (TPSA) is 51.2 Å². The van der Waals surface area contributed by atoms with Gasteiger partial charge in [0.25, 0.3) is 0 Å². The monoisotopic (exact) mass is 180 g/mol. The lowest BCUT2D eigenvalue weighted by atomic mass is 10.3. The van der Waals surface area contributed by atoms with Crippen LogP contribution in [0.25, 0.3) is 0 Å². The van der Waals surface area contributed by atoms with Crippen LogP contribution in [0.5, 0.6) is 0 Å². The number of ether oxygens (including phenoxy) is 1. The van der Waals surface area contributed by atoms with Crippen molar-refractivity contribution >= 4 is 11.8 Å². The van der Waals surface area contributed by atoms with Crippen molar-refractivity contribution in [2.45, 2.75) is 13.0 Å². The van der Waals surface area contributed by atoms with Crippen molar-refractivity contribution in [3.63, 3.8) is 0 Å². The molecule has 4 nitrogen and oxygen atoms in total. The van der Waals surface area contributed by atoms with E-state index >= 15 is 0 Å². The summed E-state index contributed by atoms with van der Waals surface area (Å²) in [5.41, 5.74) is 0. The van der Waals surface area contributed by atoms with Crippen molar-refractivity contribution in [3.05, 3.63) is 24.4 Å². The molecule has 0 saturated carbocycles. The molecule has 1 N–H and O–H groups in total. The Morgan fingerprint density at radius 2 is 2.38 bits per heavy atom. The summed E-state index contributed by atoms with van der Waals surface area (Å²) in [6.07, 6.45) is 1.66. The van der Waals surface area contributed by atoms with E-state index in [1.165, 1.54) is 7.11 Å². The predicted molar refractivity (Wildman–Crippen MR) is 49.3 cm³/mol. The van der Waals surface area contributed by atoms with Crippen LogP contribution in [-0.4, -0.2) is 24.1 Å². The number of aromatic nitrogens is 1. The quantitative estimate of drug-likeness (QED) is 0.706. The molecule has 0 aliphatic carbocycles. The van der Waals surface area contributed by atoms with Gasteiger partial charge in [0.1, 0.15) is 11.9 Å². The molecule has 1 aromatic heterocycles. The summed E-state index contributed by atoms with van der Waals surface area (Å²) in [7, 11) is 1.36. The largest absolute Gasteiger partial charge is 0.467 e. The maximum absolute atomic E-state index is 11.0. The van der Waals surface area contributed by atoms with Gasteiger partial charge in [-0.1, -0.05) is 6.07 Å². The van der Waals surface area contributed by atoms with Crippen LogP contribution in [0.4, 0.5) is 5.82 Å². The smallest absolute Gasteiger partial charge is 0.328 e. The Balaban J connectivity index is 2.55. The fourth-order valence-electron chi connectivity index (χ4n) is 0.906. The summed E-state index contributed by atoms with van der Waals surface area (Å²) in [6.45, 7) is 1.72. The van der Waals surface area contributed by atoms with E-state index in [9.17, 15) is 4.79 Å². The molecule has 1 rings (SSSR count). The predicted octanol–water partition coefficient (Wildman–Crippen LogP) is 1.05. The fraction of sp³-hybridized carbons (Fsp3) is 0.333. The summed E-state index contributed by atoms with van der Waals surface area (Å²) in [4.78, 5) is 15.0. The van der Waals surface area contributed by atoms with E-state index < -0.39 is 0 Å². The van der Waals surface area contributed by atoms with Crippen molar-refractivity contribution in [2.75, 3.05) is 12.4 Å². The van der Waals surface area contributed by atoms with Crippen molar-refractivity contribution in [1.82, 2.24) is 4.98 Å². The van der Waals surface area contributed by atoms with Crippen molar-refractivity contribution in [1.29, 1.82) is 0 Å². The molecular weight excluding hydrogens is 168 g/mol. The first-order valence-electron chi connectivity index (χ1n) is 3.99. The Labute approximate surface area is 76.9 Å². The second-order valence-electron chi connectivity index (χ2n) is 2.60. The lowest BCUT2D eigenvalue weighted by molar-refractivity contribution is -0.141. The zero-order chi connectivity index (χ0) is 9.68. The van der Waals surface area contributed by atoms with Crippen LogP contribution in [0.1, 0.15) is 6.92 Å². The van der Waals surface area contributed by atoms with Crippen LogP contribution in [-0.2, 0) is 9.53 Å². The molecule has 1 aromatic rings. The van der Waals surface area contributed by atoms with Gasteiger partial charge < -0.3 is 10.1 Å². The third-order valence-corrected chi connectivity index (χ3v) is 1.58. The van der Waals surface area contributed by atoms with Crippen molar-refractivity contribution in [3.8, 4) is 0 Å². The number of rotatable bonds is 3. The van der Waals surface area contributed by atoms with E-state index in [4.69, 9.17) is 0 Å². The molecule has 0 bridgehead atoms. The minimum Gasteiger partial charge on any atom is -0.467 e. The molecular formula is C9H12N2O2. The summed E-state index contributed by atoms with van der Waals surface area (Å²) in [6, 6.07) is 5.08. The summed E-state index contributed by atoms with van der Waals surface area (Å²) >= 11 is 0. The molecule has 0 radical (unpaired) electrons. The van der Waals surface area contributed by atoms with Gasteiger partial charge in [0, 0.05) is 6.20 Å². The Hall–Kier alpha value is -1.58.